The van der Waals surface area contributed by atoms with Crippen molar-refractivity contribution in [2.75, 3.05) is 6.54 Å². The van der Waals surface area contributed by atoms with E-state index in [2.05, 4.69) is 94.8 Å². The molecule has 3 aromatic heterocycles. The van der Waals surface area contributed by atoms with E-state index in [4.69, 9.17) is 44.8 Å². The number of nitrogens with zero attached hydrogens (tertiary/aromatic N) is 5. The van der Waals surface area contributed by atoms with Crippen molar-refractivity contribution in [1.82, 2.24) is 30.2 Å². The fourth-order valence-electron chi connectivity index (χ4n) is 8.87. The number of hydrogen-bond acceptors (Lipinski definition) is 8. The standard InChI is InChI=1S/C24H26ClN3O.C22H21ClN2O.C22H20ClNO.CH4/c1-3-12-26-23(29)14-18-10-8-17(9-11-18)13-22-16-21(4-2)27-24(28-22)19-6-5-7-20(25)15-19;1-3-20-14-21(12-17-9-7-16(8-10-17)11-15(2)26)25-22(24-20)18-5-4-6-19(23)13-18;1-15-10-19(12-18-8-6-17(7-9-18)11-16(2)25)13-22(24-15)20-4-3-5-21(23)14-20;/h5-11,15-16H,3-4,12-14H2,1-2H3,(H,26,29);4-10,13-14H,3,11-12H2,1-2H3;3-10,13-14H,11-12H2,1-2H3;1H4. The number of aryl methyl sites for hydroxylation is 3. The molecule has 0 saturated heterocycles. The summed E-state index contributed by atoms with van der Waals surface area (Å²) in [6.45, 7) is 12.2. The smallest absolute Gasteiger partial charge is 0.224 e. The molecule has 9 nitrogen and oxygen atoms in total. The number of carbonyl (C=O) groups excluding carboxylic acids is 3. The van der Waals surface area contributed by atoms with Gasteiger partial charge in [0.2, 0.25) is 5.91 Å². The van der Waals surface area contributed by atoms with Crippen LogP contribution in [0.25, 0.3) is 34.0 Å². The number of ketones is 2. The van der Waals surface area contributed by atoms with Crippen LogP contribution in [-0.2, 0) is 65.8 Å². The number of Topliss-reactive ketones (excluding diaryl/α,β-unsaturated/α-hetero) is 2. The predicted octanol–water partition coefficient (Wildman–Crippen LogP) is 16.2. The highest BCUT2D eigenvalue weighted by atomic mass is 35.5. The summed E-state index contributed by atoms with van der Waals surface area (Å²) in [6, 6.07) is 55.9. The van der Waals surface area contributed by atoms with Crippen LogP contribution in [0.5, 0.6) is 0 Å². The highest BCUT2D eigenvalue weighted by Gasteiger charge is 2.12. The molecule has 0 aliphatic heterocycles. The molecule has 9 rings (SSSR count). The first-order valence-electron chi connectivity index (χ1n) is 27.1. The highest BCUT2D eigenvalue weighted by molar-refractivity contribution is 6.31. The average Bonchev–Trinajstić information content (AvgIpc) is 3.44. The average molecular weight is 1140 g/mol. The summed E-state index contributed by atoms with van der Waals surface area (Å²) in [5, 5.41) is 4.97. The fraction of sp³-hybridized carbons (Fsp3) is 0.246. The molecule has 416 valence electrons. The van der Waals surface area contributed by atoms with E-state index in [1.165, 1.54) is 11.1 Å². The van der Waals surface area contributed by atoms with Crippen molar-refractivity contribution in [3.05, 3.63) is 252 Å². The number of aromatic nitrogens is 5. The molecule has 0 atom stereocenters. The van der Waals surface area contributed by atoms with Crippen molar-refractivity contribution in [2.45, 2.75) is 107 Å². The number of pyridine rings is 1. The van der Waals surface area contributed by atoms with Gasteiger partial charge in [-0.05, 0) is 146 Å². The molecule has 81 heavy (non-hydrogen) atoms. The van der Waals surface area contributed by atoms with Gasteiger partial charge < -0.3 is 5.32 Å². The fourth-order valence-corrected chi connectivity index (χ4v) is 9.44. The Balaban J connectivity index is 0.000000195. The summed E-state index contributed by atoms with van der Waals surface area (Å²) < 4.78 is 0. The minimum Gasteiger partial charge on any atom is -0.356 e. The van der Waals surface area contributed by atoms with Gasteiger partial charge in [0.15, 0.2) is 11.6 Å². The molecule has 0 aliphatic carbocycles. The lowest BCUT2D eigenvalue weighted by molar-refractivity contribution is -0.120. The molecule has 0 fully saturated rings. The van der Waals surface area contributed by atoms with Gasteiger partial charge in [0.05, 0.1) is 12.1 Å². The van der Waals surface area contributed by atoms with Gasteiger partial charge in [0.1, 0.15) is 11.6 Å². The Hall–Kier alpha value is -7.69. The van der Waals surface area contributed by atoms with Crippen LogP contribution in [0, 0.1) is 6.92 Å². The molecule has 1 amide bonds. The summed E-state index contributed by atoms with van der Waals surface area (Å²) in [7, 11) is 0. The Morgan fingerprint density at radius 3 is 1.21 bits per heavy atom. The van der Waals surface area contributed by atoms with E-state index in [1.54, 1.807) is 13.8 Å². The maximum absolute atomic E-state index is 11.9. The quantitative estimate of drug-likeness (QED) is 0.0848. The molecule has 0 saturated carbocycles. The molecule has 0 bridgehead atoms. The predicted molar refractivity (Wildman–Crippen MR) is 333 cm³/mol. The van der Waals surface area contributed by atoms with Gasteiger partial charge in [-0.2, -0.15) is 0 Å². The minimum absolute atomic E-state index is 0. The number of benzene rings is 6. The Morgan fingerprint density at radius 2 is 0.802 bits per heavy atom. The van der Waals surface area contributed by atoms with Gasteiger partial charge in [0.25, 0.3) is 0 Å². The molecular weight excluding hydrogens is 1070 g/mol. The SMILES string of the molecule is C.CC(=O)Cc1ccc(Cc2cc(C)nc(-c3cccc(Cl)c3)c2)cc1.CCCNC(=O)Cc1ccc(Cc2cc(CC)nc(-c3cccc(Cl)c3)n2)cc1.CCc1cc(Cc2ccc(CC(C)=O)cc2)nc(-c2cccc(Cl)c2)n1. The first kappa shape index (κ1) is 62.5. The third-order valence-corrected chi connectivity index (χ3v) is 13.5. The highest BCUT2D eigenvalue weighted by Crippen LogP contribution is 2.26. The molecule has 3 heterocycles. The van der Waals surface area contributed by atoms with Crippen molar-refractivity contribution in [3.8, 4) is 34.0 Å². The van der Waals surface area contributed by atoms with E-state index in [0.717, 1.165) is 117 Å². The largest absolute Gasteiger partial charge is 0.356 e. The lowest BCUT2D eigenvalue weighted by Crippen LogP contribution is -2.25. The van der Waals surface area contributed by atoms with Crippen molar-refractivity contribution in [3.63, 3.8) is 0 Å². The van der Waals surface area contributed by atoms with Crippen LogP contribution in [0.3, 0.4) is 0 Å². The number of rotatable bonds is 19. The zero-order valence-corrected chi connectivity index (χ0v) is 48.6. The first-order chi connectivity index (χ1) is 38.6. The molecule has 6 aromatic carbocycles. The van der Waals surface area contributed by atoms with Gasteiger partial charge in [-0.3, -0.25) is 19.4 Å². The summed E-state index contributed by atoms with van der Waals surface area (Å²) >= 11 is 18.3. The molecule has 1 N–H and O–H groups in total. The number of hydrogen-bond donors (Lipinski definition) is 1. The van der Waals surface area contributed by atoms with Gasteiger partial charge >= 0.3 is 0 Å². The molecule has 0 radical (unpaired) electrons. The molecule has 0 unspecified atom stereocenters. The van der Waals surface area contributed by atoms with Gasteiger partial charge in [0, 0.05) is 92.5 Å². The zero-order chi connectivity index (χ0) is 57.0. The second-order valence-electron chi connectivity index (χ2n) is 19.9. The Morgan fingerprint density at radius 1 is 0.420 bits per heavy atom. The van der Waals surface area contributed by atoms with Gasteiger partial charge in [-0.15, -0.1) is 0 Å². The van der Waals surface area contributed by atoms with Crippen molar-refractivity contribution >= 4 is 52.3 Å². The van der Waals surface area contributed by atoms with E-state index in [0.29, 0.717) is 52.4 Å². The van der Waals surface area contributed by atoms with Gasteiger partial charge in [-0.1, -0.05) is 172 Å². The molecule has 0 spiro atoms. The lowest BCUT2D eigenvalue weighted by Gasteiger charge is -2.09. The van der Waals surface area contributed by atoms with Crippen molar-refractivity contribution in [1.29, 1.82) is 0 Å². The number of carbonyl (C=O) groups is 3. The number of nitrogens with one attached hydrogen (secondary N) is 1. The van der Waals surface area contributed by atoms with Crippen LogP contribution in [0.2, 0.25) is 15.1 Å². The second-order valence-corrected chi connectivity index (χ2v) is 21.2. The normalized spacial score (nSPS) is 10.6. The van der Waals surface area contributed by atoms with Crippen LogP contribution in [0.4, 0.5) is 0 Å². The number of amides is 1. The topological polar surface area (TPSA) is 128 Å². The molecule has 9 aromatic rings. The zero-order valence-electron chi connectivity index (χ0n) is 46.3. The third-order valence-electron chi connectivity index (χ3n) is 12.8. The molecular formula is C69H71Cl3N6O3. The second kappa shape index (κ2) is 31.3. The maximum atomic E-state index is 11.9. The van der Waals surface area contributed by atoms with Crippen LogP contribution >= 0.6 is 34.8 Å². The number of halogens is 3. The minimum atomic E-state index is 0. The third kappa shape index (κ3) is 20.4. The summed E-state index contributed by atoms with van der Waals surface area (Å²) in [5.41, 5.74) is 16.6. The van der Waals surface area contributed by atoms with Crippen LogP contribution in [0.1, 0.15) is 116 Å². The summed E-state index contributed by atoms with van der Waals surface area (Å²) in [6.07, 6.45) is 6.29. The van der Waals surface area contributed by atoms with Crippen molar-refractivity contribution < 1.29 is 14.4 Å². The Labute approximate surface area is 493 Å². The van der Waals surface area contributed by atoms with Crippen LogP contribution in [-0.4, -0.2) is 48.9 Å². The van der Waals surface area contributed by atoms with Crippen molar-refractivity contribution in [2.24, 2.45) is 0 Å². The van der Waals surface area contributed by atoms with E-state index in [9.17, 15) is 14.4 Å². The lowest BCUT2D eigenvalue weighted by atomic mass is 10.0. The molecule has 12 heteroatoms. The monoisotopic (exact) mass is 1140 g/mol. The van der Waals surface area contributed by atoms with E-state index in [-0.39, 0.29) is 24.9 Å². The van der Waals surface area contributed by atoms with Crippen LogP contribution in [0.15, 0.2) is 170 Å². The van der Waals surface area contributed by atoms with Gasteiger partial charge in [-0.25, -0.2) is 19.9 Å². The Bertz CT molecular complexity index is 3530. The Kier molecular flexibility index (Phi) is 24.2. The summed E-state index contributed by atoms with van der Waals surface area (Å²) in [4.78, 5) is 57.7. The van der Waals surface area contributed by atoms with E-state index in [1.807, 2.05) is 123 Å². The maximum Gasteiger partial charge on any atom is 0.224 e. The molecule has 0 aliphatic rings. The first-order valence-corrected chi connectivity index (χ1v) is 28.2. The summed E-state index contributed by atoms with van der Waals surface area (Å²) in [5.74, 6) is 1.83. The van der Waals surface area contributed by atoms with Crippen LogP contribution < -0.4 is 5.32 Å². The van der Waals surface area contributed by atoms with E-state index >= 15 is 0 Å². The van der Waals surface area contributed by atoms with E-state index < -0.39 is 0 Å².